The maximum Gasteiger partial charge on any atom is 0.305 e. The van der Waals surface area contributed by atoms with Gasteiger partial charge in [-0.25, -0.2) is 0 Å². The van der Waals surface area contributed by atoms with Crippen molar-refractivity contribution >= 4 is 11.9 Å². The van der Waals surface area contributed by atoms with Gasteiger partial charge in [-0.15, -0.1) is 0 Å². The molecule has 1 saturated heterocycles. The zero-order valence-electron chi connectivity index (χ0n) is 43.6. The Morgan fingerprint density at radius 3 is 1.46 bits per heavy atom. The van der Waals surface area contributed by atoms with E-state index in [1.165, 1.54) is 135 Å². The molecular weight excluding hydrogens is 859 g/mol. The van der Waals surface area contributed by atoms with Crippen LogP contribution < -0.4 is 5.32 Å². The Labute approximate surface area is 415 Å². The Balaban J connectivity index is 2.11. The lowest BCUT2D eigenvalue weighted by atomic mass is 9.99. The molecule has 0 aromatic rings. The summed E-state index contributed by atoms with van der Waals surface area (Å²) in [6.45, 7) is 4.27. The van der Waals surface area contributed by atoms with E-state index in [2.05, 4.69) is 43.5 Å². The van der Waals surface area contributed by atoms with Crippen molar-refractivity contribution < 1.29 is 49.3 Å². The molecule has 0 spiro atoms. The average Bonchev–Trinajstić information content (AvgIpc) is 3.33. The number of carbonyl (C=O) groups is 2. The minimum atomic E-state index is -1.57. The zero-order chi connectivity index (χ0) is 49.6. The van der Waals surface area contributed by atoms with Crippen LogP contribution in [-0.2, 0) is 23.8 Å². The number of rotatable bonds is 48. The van der Waals surface area contributed by atoms with E-state index in [9.17, 15) is 35.1 Å². The quantitative estimate of drug-likeness (QED) is 0.0149. The van der Waals surface area contributed by atoms with Crippen molar-refractivity contribution in [3.8, 4) is 0 Å². The fraction of sp³-hybridized carbons (Fsp3) is 0.860. The Bertz CT molecular complexity index is 1230. The number of allylic oxidation sites excluding steroid dienone is 5. The number of carbonyl (C=O) groups excluding carboxylic acids is 2. The summed E-state index contributed by atoms with van der Waals surface area (Å²) in [5, 5.41) is 54.2. The third-order valence-electron chi connectivity index (χ3n) is 13.3. The highest BCUT2D eigenvalue weighted by atomic mass is 16.7. The molecule has 1 aliphatic heterocycles. The standard InChI is InChI=1S/C57H105NO10/c1-3-5-7-9-11-13-24-29-33-37-41-45-53(62)66-46-42-38-34-30-26-23-21-19-17-15-16-18-20-22-25-28-32-36-40-44-52(61)58-49(48-67-57-56(65)55(64)54(63)51(47-59)68-57)50(60)43-39-35-31-27-14-12-10-8-6-4-2/h19,21,23,26,39,43,49-51,54-57,59-60,63-65H,3-18,20,22,24-25,27-38,40-42,44-48H2,1-2H3,(H,58,61)/b21-19-,26-23-,43-39+. The first-order chi connectivity index (χ1) is 33.2. The van der Waals surface area contributed by atoms with E-state index >= 15 is 0 Å². The van der Waals surface area contributed by atoms with E-state index in [0.717, 1.165) is 89.9 Å². The van der Waals surface area contributed by atoms with E-state index < -0.39 is 49.5 Å². The predicted octanol–water partition coefficient (Wildman–Crippen LogP) is 12.3. The molecule has 1 amide bonds. The summed E-state index contributed by atoms with van der Waals surface area (Å²) in [6, 6.07) is -0.816. The van der Waals surface area contributed by atoms with Gasteiger partial charge in [0.15, 0.2) is 6.29 Å². The Hall–Kier alpha value is -2.12. The topological polar surface area (TPSA) is 175 Å². The summed E-state index contributed by atoms with van der Waals surface area (Å²) in [5.74, 6) is -0.222. The molecule has 7 unspecified atom stereocenters. The Morgan fingerprint density at radius 2 is 0.971 bits per heavy atom. The van der Waals surface area contributed by atoms with Gasteiger partial charge in [0.25, 0.3) is 0 Å². The molecule has 1 aliphatic rings. The third-order valence-corrected chi connectivity index (χ3v) is 13.3. The second kappa shape index (κ2) is 47.2. The lowest BCUT2D eigenvalue weighted by Gasteiger charge is -2.40. The van der Waals surface area contributed by atoms with Crippen molar-refractivity contribution in [2.45, 2.75) is 294 Å². The largest absolute Gasteiger partial charge is 0.466 e. The van der Waals surface area contributed by atoms with E-state index in [4.69, 9.17) is 14.2 Å². The molecule has 1 fully saturated rings. The second-order valence-corrected chi connectivity index (χ2v) is 19.7. The van der Waals surface area contributed by atoms with Gasteiger partial charge >= 0.3 is 5.97 Å². The molecular formula is C57H105NO10. The third kappa shape index (κ3) is 36.8. The maximum absolute atomic E-state index is 13.0. The van der Waals surface area contributed by atoms with Crippen molar-refractivity contribution in [3.05, 3.63) is 36.5 Å². The molecule has 0 aliphatic carbocycles. The number of unbranched alkanes of at least 4 members (excludes halogenated alkanes) is 31. The van der Waals surface area contributed by atoms with Crippen LogP contribution in [0.15, 0.2) is 36.5 Å². The first kappa shape index (κ1) is 63.9. The van der Waals surface area contributed by atoms with Gasteiger partial charge in [-0.05, 0) is 64.2 Å². The van der Waals surface area contributed by atoms with Crippen LogP contribution in [0.3, 0.4) is 0 Å². The minimum Gasteiger partial charge on any atom is -0.466 e. The number of aliphatic hydroxyl groups is 5. The number of aliphatic hydroxyl groups excluding tert-OH is 5. The first-order valence-electron chi connectivity index (χ1n) is 28.3. The summed E-state index contributed by atoms with van der Waals surface area (Å²) in [6.07, 6.45) is 46.6. The molecule has 6 N–H and O–H groups in total. The van der Waals surface area contributed by atoms with Gasteiger partial charge in [-0.1, -0.05) is 211 Å². The number of amides is 1. The van der Waals surface area contributed by atoms with Crippen molar-refractivity contribution in [1.82, 2.24) is 5.32 Å². The molecule has 7 atom stereocenters. The lowest BCUT2D eigenvalue weighted by molar-refractivity contribution is -0.302. The highest BCUT2D eigenvalue weighted by Crippen LogP contribution is 2.23. The molecule has 398 valence electrons. The van der Waals surface area contributed by atoms with Gasteiger partial charge in [0, 0.05) is 12.8 Å². The van der Waals surface area contributed by atoms with Crippen LogP contribution in [0.4, 0.5) is 0 Å². The van der Waals surface area contributed by atoms with Gasteiger partial charge in [-0.3, -0.25) is 9.59 Å². The first-order valence-corrected chi connectivity index (χ1v) is 28.3. The Morgan fingerprint density at radius 1 is 0.544 bits per heavy atom. The van der Waals surface area contributed by atoms with Crippen LogP contribution in [0.1, 0.15) is 251 Å². The van der Waals surface area contributed by atoms with Crippen molar-refractivity contribution in [3.63, 3.8) is 0 Å². The summed E-state index contributed by atoms with van der Waals surface area (Å²) >= 11 is 0. The van der Waals surface area contributed by atoms with Crippen molar-refractivity contribution in [2.24, 2.45) is 0 Å². The highest BCUT2D eigenvalue weighted by Gasteiger charge is 2.44. The normalized spacial score (nSPS) is 19.7. The van der Waals surface area contributed by atoms with Crippen LogP contribution in [0.2, 0.25) is 0 Å². The van der Waals surface area contributed by atoms with E-state index in [1.54, 1.807) is 6.08 Å². The lowest BCUT2D eigenvalue weighted by Crippen LogP contribution is -2.60. The molecule has 1 heterocycles. The molecule has 0 saturated carbocycles. The van der Waals surface area contributed by atoms with Crippen molar-refractivity contribution in [2.75, 3.05) is 19.8 Å². The molecule has 0 radical (unpaired) electrons. The minimum absolute atomic E-state index is 0.0290. The van der Waals surface area contributed by atoms with Crippen molar-refractivity contribution in [1.29, 1.82) is 0 Å². The van der Waals surface area contributed by atoms with Gasteiger partial charge in [0.2, 0.25) is 5.91 Å². The summed E-state index contributed by atoms with van der Waals surface area (Å²) < 4.78 is 16.6. The maximum atomic E-state index is 13.0. The Kier molecular flexibility index (Phi) is 44.4. The van der Waals surface area contributed by atoms with E-state index in [0.29, 0.717) is 19.4 Å². The molecule has 0 aromatic heterocycles. The number of esters is 1. The summed E-state index contributed by atoms with van der Waals surface area (Å²) in [5.41, 5.74) is 0. The van der Waals surface area contributed by atoms with Gasteiger partial charge in [-0.2, -0.15) is 0 Å². The summed E-state index contributed by atoms with van der Waals surface area (Å²) in [7, 11) is 0. The number of nitrogens with one attached hydrogen (secondary N) is 1. The van der Waals surface area contributed by atoms with E-state index in [1.807, 2.05) is 6.08 Å². The number of ether oxygens (including phenoxy) is 3. The molecule has 0 aromatic carbocycles. The van der Waals surface area contributed by atoms with Crippen LogP contribution in [0.5, 0.6) is 0 Å². The van der Waals surface area contributed by atoms with Crippen LogP contribution in [0, 0.1) is 0 Å². The average molecular weight is 964 g/mol. The van der Waals surface area contributed by atoms with Gasteiger partial charge < -0.3 is 45.1 Å². The highest BCUT2D eigenvalue weighted by molar-refractivity contribution is 5.76. The second-order valence-electron chi connectivity index (χ2n) is 19.7. The van der Waals surface area contributed by atoms with Crippen LogP contribution in [-0.4, -0.2) is 100 Å². The number of hydrogen-bond acceptors (Lipinski definition) is 10. The van der Waals surface area contributed by atoms with Gasteiger partial charge in [0.1, 0.15) is 24.4 Å². The monoisotopic (exact) mass is 964 g/mol. The van der Waals surface area contributed by atoms with Crippen LogP contribution >= 0.6 is 0 Å². The summed E-state index contributed by atoms with van der Waals surface area (Å²) in [4.78, 5) is 25.0. The molecule has 1 rings (SSSR count). The van der Waals surface area contributed by atoms with E-state index in [-0.39, 0.29) is 18.5 Å². The molecule has 11 nitrogen and oxygen atoms in total. The van der Waals surface area contributed by atoms with Crippen LogP contribution in [0.25, 0.3) is 0 Å². The molecule has 68 heavy (non-hydrogen) atoms. The molecule has 11 heteroatoms. The SMILES string of the molecule is CCCCCCCCCC/C=C/C(O)C(COC1OC(CO)C(O)C(O)C1O)NC(=O)CCCCCCCCCCCC/C=C\C=C/CCCCCOC(=O)CCCCCCCCCCCCC. The fourth-order valence-electron chi connectivity index (χ4n) is 8.72. The van der Waals surface area contributed by atoms with Gasteiger partial charge in [0.05, 0.1) is 32.0 Å². The predicted molar refractivity (Wildman–Crippen MR) is 278 cm³/mol. The smallest absolute Gasteiger partial charge is 0.305 e. The molecule has 0 bridgehead atoms. The fourth-order valence-corrected chi connectivity index (χ4v) is 8.72. The number of hydrogen-bond donors (Lipinski definition) is 6. The zero-order valence-corrected chi connectivity index (χ0v) is 43.6.